The van der Waals surface area contributed by atoms with E-state index in [1.54, 1.807) is 0 Å². The van der Waals surface area contributed by atoms with Gasteiger partial charge < -0.3 is 5.11 Å². The quantitative estimate of drug-likeness (QED) is 0.729. The van der Waals surface area contributed by atoms with E-state index in [9.17, 15) is 5.11 Å². The van der Waals surface area contributed by atoms with Crippen LogP contribution in [0.1, 0.15) is 67.6 Å². The van der Waals surface area contributed by atoms with E-state index in [4.69, 9.17) is 0 Å². The van der Waals surface area contributed by atoms with Crippen LogP contribution in [-0.4, -0.2) is 10.7 Å². The molecule has 0 aliphatic heterocycles. The van der Waals surface area contributed by atoms with Crippen LogP contribution in [0.2, 0.25) is 0 Å². The highest BCUT2D eigenvalue weighted by Crippen LogP contribution is 2.39. The van der Waals surface area contributed by atoms with Crippen molar-refractivity contribution in [3.05, 3.63) is 60.2 Å². The largest absolute Gasteiger partial charge is 0.389 e. The molecule has 1 N–H and O–H groups in total. The second-order valence-electron chi connectivity index (χ2n) is 7.66. The number of hydrogen-bond acceptors (Lipinski definition) is 1. The fourth-order valence-electron chi connectivity index (χ4n) is 4.53. The van der Waals surface area contributed by atoms with Crippen molar-refractivity contribution < 1.29 is 5.11 Å². The van der Waals surface area contributed by atoms with Gasteiger partial charge in [0.05, 0.1) is 5.60 Å². The molecular weight excluding hydrogens is 280 g/mol. The SMILES string of the molecule is C=CCC1(O)CCc2cc([C@H]3CC[C@H](CC=C)CC3)ccc2C1. The van der Waals surface area contributed by atoms with E-state index in [0.717, 1.165) is 31.1 Å². The fourth-order valence-corrected chi connectivity index (χ4v) is 4.53. The lowest BCUT2D eigenvalue weighted by molar-refractivity contribution is 0.0294. The van der Waals surface area contributed by atoms with Gasteiger partial charge in [-0.1, -0.05) is 30.4 Å². The summed E-state index contributed by atoms with van der Waals surface area (Å²) in [7, 11) is 0. The molecular formula is C22H30O. The highest BCUT2D eigenvalue weighted by atomic mass is 16.3. The average molecular weight is 310 g/mol. The van der Waals surface area contributed by atoms with Crippen molar-refractivity contribution in [3.8, 4) is 0 Å². The Labute approximate surface area is 141 Å². The van der Waals surface area contributed by atoms with Crippen LogP contribution in [0.25, 0.3) is 0 Å². The van der Waals surface area contributed by atoms with Gasteiger partial charge in [-0.05, 0) is 79.9 Å². The number of benzene rings is 1. The molecule has 2 aliphatic carbocycles. The monoisotopic (exact) mass is 310 g/mol. The Morgan fingerprint density at radius 1 is 1.09 bits per heavy atom. The molecule has 23 heavy (non-hydrogen) atoms. The summed E-state index contributed by atoms with van der Waals surface area (Å²) in [6.07, 6.45) is 13.8. The topological polar surface area (TPSA) is 20.2 Å². The van der Waals surface area contributed by atoms with Gasteiger partial charge in [-0.2, -0.15) is 0 Å². The maximum absolute atomic E-state index is 10.6. The minimum Gasteiger partial charge on any atom is -0.389 e. The van der Waals surface area contributed by atoms with E-state index >= 15 is 0 Å². The summed E-state index contributed by atoms with van der Waals surface area (Å²) in [6, 6.07) is 7.02. The lowest BCUT2D eigenvalue weighted by atomic mass is 9.74. The Morgan fingerprint density at radius 2 is 1.87 bits per heavy atom. The van der Waals surface area contributed by atoms with Crippen molar-refractivity contribution in [3.63, 3.8) is 0 Å². The predicted molar refractivity (Wildman–Crippen MR) is 97.7 cm³/mol. The summed E-state index contributed by atoms with van der Waals surface area (Å²) < 4.78 is 0. The molecule has 1 aromatic carbocycles. The van der Waals surface area contributed by atoms with Gasteiger partial charge in [-0.15, -0.1) is 13.2 Å². The van der Waals surface area contributed by atoms with Gasteiger partial charge in [-0.3, -0.25) is 0 Å². The van der Waals surface area contributed by atoms with E-state index in [1.807, 2.05) is 6.08 Å². The van der Waals surface area contributed by atoms with Gasteiger partial charge in [0.25, 0.3) is 0 Å². The maximum atomic E-state index is 10.6. The van der Waals surface area contributed by atoms with Gasteiger partial charge in [-0.25, -0.2) is 0 Å². The first-order valence-electron chi connectivity index (χ1n) is 9.19. The molecule has 0 aromatic heterocycles. The molecule has 0 bridgehead atoms. The van der Waals surface area contributed by atoms with Crippen LogP contribution in [0.5, 0.6) is 0 Å². The Bertz CT molecular complexity index is 565. The third kappa shape index (κ3) is 3.77. The Balaban J connectivity index is 1.68. The molecule has 1 atom stereocenters. The second kappa shape index (κ2) is 7.05. The maximum Gasteiger partial charge on any atom is 0.0725 e. The van der Waals surface area contributed by atoms with Gasteiger partial charge in [0, 0.05) is 6.42 Å². The molecule has 1 fully saturated rings. The number of fused-ring (bicyclic) bond motifs is 1. The van der Waals surface area contributed by atoms with E-state index in [2.05, 4.69) is 37.4 Å². The van der Waals surface area contributed by atoms with Crippen molar-refractivity contribution in [1.82, 2.24) is 0 Å². The third-order valence-electron chi connectivity index (χ3n) is 5.95. The third-order valence-corrected chi connectivity index (χ3v) is 5.95. The summed E-state index contributed by atoms with van der Waals surface area (Å²) in [4.78, 5) is 0. The molecule has 1 aromatic rings. The highest BCUT2D eigenvalue weighted by molar-refractivity contribution is 5.37. The summed E-state index contributed by atoms with van der Waals surface area (Å²) in [5.41, 5.74) is 3.75. The normalized spacial score (nSPS) is 30.5. The molecule has 1 nitrogen and oxygen atoms in total. The van der Waals surface area contributed by atoms with E-state index in [1.165, 1.54) is 48.8 Å². The molecule has 0 saturated heterocycles. The van der Waals surface area contributed by atoms with Crippen LogP contribution < -0.4 is 0 Å². The predicted octanol–water partition coefficient (Wildman–Crippen LogP) is 5.33. The van der Waals surface area contributed by atoms with Gasteiger partial charge in [0.2, 0.25) is 0 Å². The van der Waals surface area contributed by atoms with Crippen LogP contribution >= 0.6 is 0 Å². The van der Waals surface area contributed by atoms with Gasteiger partial charge in [0.1, 0.15) is 0 Å². The Kier molecular flexibility index (Phi) is 5.06. The zero-order chi connectivity index (χ0) is 16.3. The zero-order valence-electron chi connectivity index (χ0n) is 14.3. The lowest BCUT2D eigenvalue weighted by Gasteiger charge is -2.34. The first-order valence-corrected chi connectivity index (χ1v) is 9.19. The smallest absolute Gasteiger partial charge is 0.0725 e. The molecule has 0 spiro atoms. The zero-order valence-corrected chi connectivity index (χ0v) is 14.3. The van der Waals surface area contributed by atoms with Crippen LogP contribution in [0.15, 0.2) is 43.5 Å². The van der Waals surface area contributed by atoms with Crippen LogP contribution in [0.4, 0.5) is 0 Å². The van der Waals surface area contributed by atoms with Crippen LogP contribution in [-0.2, 0) is 12.8 Å². The fraction of sp³-hybridized carbons (Fsp3) is 0.545. The number of allylic oxidation sites excluding steroid dienone is 1. The number of aliphatic hydroxyl groups is 1. The van der Waals surface area contributed by atoms with Crippen molar-refractivity contribution in [2.75, 3.05) is 0 Å². The van der Waals surface area contributed by atoms with Crippen molar-refractivity contribution >= 4 is 0 Å². The summed E-state index contributed by atoms with van der Waals surface area (Å²) in [5, 5.41) is 10.6. The standard InChI is InChI=1S/C22H30O/c1-3-5-17-6-8-18(9-7-17)19-10-11-21-16-22(23,13-4-2)14-12-20(21)15-19/h3-4,10-11,15,17-18,23H,1-2,5-9,12-14,16H2/t17-,18-,22?. The molecule has 3 rings (SSSR count). The molecule has 0 amide bonds. The first-order chi connectivity index (χ1) is 11.1. The van der Waals surface area contributed by atoms with Crippen LogP contribution in [0.3, 0.4) is 0 Å². The van der Waals surface area contributed by atoms with Gasteiger partial charge in [0.15, 0.2) is 0 Å². The summed E-state index contributed by atoms with van der Waals surface area (Å²) in [6.45, 7) is 7.66. The lowest BCUT2D eigenvalue weighted by Crippen LogP contribution is -2.35. The molecule has 2 aliphatic rings. The van der Waals surface area contributed by atoms with E-state index in [-0.39, 0.29) is 0 Å². The number of hydrogen-bond donors (Lipinski definition) is 1. The second-order valence-corrected chi connectivity index (χ2v) is 7.66. The van der Waals surface area contributed by atoms with Crippen molar-refractivity contribution in [1.29, 1.82) is 0 Å². The molecule has 1 unspecified atom stereocenters. The van der Waals surface area contributed by atoms with Crippen LogP contribution in [0, 0.1) is 5.92 Å². The molecule has 124 valence electrons. The highest BCUT2D eigenvalue weighted by Gasteiger charge is 2.31. The van der Waals surface area contributed by atoms with E-state index < -0.39 is 5.60 Å². The van der Waals surface area contributed by atoms with E-state index in [0.29, 0.717) is 6.42 Å². The minimum atomic E-state index is -0.570. The molecule has 1 heteroatoms. The summed E-state index contributed by atoms with van der Waals surface area (Å²) >= 11 is 0. The minimum absolute atomic E-state index is 0.570. The Morgan fingerprint density at radius 3 is 2.57 bits per heavy atom. The molecule has 0 radical (unpaired) electrons. The summed E-state index contributed by atoms with van der Waals surface area (Å²) in [5.74, 6) is 1.59. The Hall–Kier alpha value is -1.34. The molecule has 0 heterocycles. The van der Waals surface area contributed by atoms with Crippen molar-refractivity contribution in [2.45, 2.75) is 69.3 Å². The van der Waals surface area contributed by atoms with Crippen molar-refractivity contribution in [2.24, 2.45) is 5.92 Å². The average Bonchev–Trinajstić information content (AvgIpc) is 2.55. The number of aryl methyl sites for hydroxylation is 1. The first kappa shape index (κ1) is 16.5. The molecule has 1 saturated carbocycles. The number of rotatable bonds is 5. The van der Waals surface area contributed by atoms with Gasteiger partial charge >= 0.3 is 0 Å².